The molecule has 1 aromatic carbocycles. The number of benzene rings is 1. The fourth-order valence-corrected chi connectivity index (χ4v) is 3.94. The van der Waals surface area contributed by atoms with Crippen LogP contribution in [0.15, 0.2) is 79.4 Å². The van der Waals surface area contributed by atoms with Crippen LogP contribution in [0.2, 0.25) is 0 Å². The van der Waals surface area contributed by atoms with Crippen LogP contribution in [0, 0.1) is 11.3 Å². The number of aromatic nitrogens is 5. The van der Waals surface area contributed by atoms with Gasteiger partial charge in [0.2, 0.25) is 0 Å². The third-order valence-electron chi connectivity index (χ3n) is 6.16. The number of nitriles is 1. The molecule has 10 nitrogen and oxygen atoms in total. The van der Waals surface area contributed by atoms with Gasteiger partial charge in [0.1, 0.15) is 12.2 Å². The van der Waals surface area contributed by atoms with Crippen molar-refractivity contribution in [3.05, 3.63) is 90.5 Å². The van der Waals surface area contributed by atoms with Crippen LogP contribution in [0.5, 0.6) is 0 Å². The molecule has 3 N–H and O–H groups in total. The molecule has 4 heterocycles. The van der Waals surface area contributed by atoms with Crippen LogP contribution in [-0.2, 0) is 0 Å². The van der Waals surface area contributed by atoms with Crippen molar-refractivity contribution in [3.63, 3.8) is 0 Å². The summed E-state index contributed by atoms with van der Waals surface area (Å²) in [6, 6.07) is 18.4. The van der Waals surface area contributed by atoms with Crippen LogP contribution in [0.1, 0.15) is 29.8 Å². The van der Waals surface area contributed by atoms with E-state index in [1.807, 2.05) is 48.7 Å². The van der Waals surface area contributed by atoms with Crippen molar-refractivity contribution in [2.45, 2.75) is 25.6 Å². The predicted octanol–water partition coefficient (Wildman–Crippen LogP) is 4.04. The number of pyridine rings is 1. The summed E-state index contributed by atoms with van der Waals surface area (Å²) >= 11 is 0. The summed E-state index contributed by atoms with van der Waals surface area (Å²) in [5, 5.41) is 33.4. The number of rotatable bonds is 8. The van der Waals surface area contributed by atoms with Gasteiger partial charge >= 0.3 is 0 Å². The molecule has 5 rings (SSSR count). The van der Waals surface area contributed by atoms with Crippen molar-refractivity contribution in [1.82, 2.24) is 29.7 Å². The molecule has 0 saturated carbocycles. The zero-order chi connectivity index (χ0) is 27.6. The quantitative estimate of drug-likeness (QED) is 0.279. The molecule has 0 spiro atoms. The molecule has 0 aliphatic heterocycles. The molecule has 0 aliphatic rings. The average Bonchev–Trinajstić information content (AvgIpc) is 3.61. The van der Waals surface area contributed by atoms with E-state index in [0.29, 0.717) is 28.3 Å². The molecule has 0 radical (unpaired) electrons. The molecule has 0 unspecified atom stereocenters. The van der Waals surface area contributed by atoms with E-state index in [2.05, 4.69) is 31.9 Å². The van der Waals surface area contributed by atoms with Crippen molar-refractivity contribution < 1.29 is 14.3 Å². The Morgan fingerprint density at radius 2 is 1.95 bits per heavy atom. The van der Waals surface area contributed by atoms with Gasteiger partial charge in [-0.25, -0.2) is 13.6 Å². The molecular weight excluding hydrogens is 499 g/mol. The third-order valence-corrected chi connectivity index (χ3v) is 6.16. The maximum Gasteiger partial charge on any atom is 0.255 e. The summed E-state index contributed by atoms with van der Waals surface area (Å²) in [4.78, 5) is 17.6. The highest BCUT2D eigenvalue weighted by Gasteiger charge is 2.27. The number of alkyl halides is 1. The first-order chi connectivity index (χ1) is 18.7. The van der Waals surface area contributed by atoms with E-state index in [9.17, 15) is 19.6 Å². The standard InChI is InChI=1S/C28H25FN8O2/c1-28(2,39)26(29)17-32-27(38)22-16-31-24(25-9-8-21-12-18(14-30)15-34-37(21)25)13-23(22)35-19-4-6-20(7-5-19)36-11-3-10-33-36/h3-13,15-16,26,39H,17H2,1-2H3,(H,31,35)(H,32,38)/t26-/m1/s1. The first-order valence-electron chi connectivity index (χ1n) is 12.1. The lowest BCUT2D eigenvalue weighted by Gasteiger charge is -2.22. The van der Waals surface area contributed by atoms with Gasteiger partial charge in [-0.2, -0.15) is 15.5 Å². The van der Waals surface area contributed by atoms with Crippen LogP contribution in [-0.4, -0.2) is 53.7 Å². The normalized spacial score (nSPS) is 12.2. The van der Waals surface area contributed by atoms with Crippen LogP contribution in [0.25, 0.3) is 22.6 Å². The van der Waals surface area contributed by atoms with Crippen molar-refractivity contribution in [2.75, 3.05) is 11.9 Å². The molecule has 4 aromatic heterocycles. The number of anilines is 2. The van der Waals surface area contributed by atoms with E-state index in [4.69, 9.17) is 0 Å². The van der Waals surface area contributed by atoms with E-state index >= 15 is 0 Å². The topological polar surface area (TPSA) is 133 Å². The average molecular weight is 525 g/mol. The molecule has 11 heteroatoms. The van der Waals surface area contributed by atoms with Gasteiger partial charge in [0, 0.05) is 24.3 Å². The van der Waals surface area contributed by atoms with Crippen LogP contribution >= 0.6 is 0 Å². The van der Waals surface area contributed by atoms with Crippen molar-refractivity contribution >= 4 is 22.8 Å². The molecule has 39 heavy (non-hydrogen) atoms. The third kappa shape index (κ3) is 5.46. The second-order valence-electron chi connectivity index (χ2n) is 9.48. The SMILES string of the molecule is CC(C)(O)[C@H](F)CNC(=O)c1cnc(-c2ccc3cc(C#N)cnn23)cc1Nc1ccc(-n2cccn2)cc1. The zero-order valence-electron chi connectivity index (χ0n) is 21.2. The van der Waals surface area contributed by atoms with Gasteiger partial charge in [-0.05, 0) is 68.4 Å². The zero-order valence-corrected chi connectivity index (χ0v) is 21.2. The van der Waals surface area contributed by atoms with Crippen LogP contribution in [0.3, 0.4) is 0 Å². The molecule has 1 amide bonds. The second kappa shape index (κ2) is 10.4. The smallest absolute Gasteiger partial charge is 0.255 e. The number of nitrogens with zero attached hydrogens (tertiary/aromatic N) is 6. The Hall–Kier alpha value is -5.08. The van der Waals surface area contributed by atoms with E-state index in [1.54, 1.807) is 27.5 Å². The Balaban J connectivity index is 1.49. The Bertz CT molecular complexity index is 1670. The Morgan fingerprint density at radius 1 is 1.15 bits per heavy atom. The number of hydrogen-bond donors (Lipinski definition) is 3. The summed E-state index contributed by atoms with van der Waals surface area (Å²) < 4.78 is 17.7. The molecule has 1 atom stereocenters. The van der Waals surface area contributed by atoms with Gasteiger partial charge in [-0.15, -0.1) is 0 Å². The first kappa shape index (κ1) is 25.6. The highest BCUT2D eigenvalue weighted by atomic mass is 19.1. The summed E-state index contributed by atoms with van der Waals surface area (Å²) in [5.41, 5.74) is 2.94. The number of amides is 1. The molecule has 5 aromatic rings. The minimum atomic E-state index is -1.66. The van der Waals surface area contributed by atoms with Gasteiger partial charge in [0.05, 0.1) is 57.7 Å². The summed E-state index contributed by atoms with van der Waals surface area (Å²) in [6.07, 6.45) is 4.74. The number of nitrogens with one attached hydrogen (secondary N) is 2. The van der Waals surface area contributed by atoms with Gasteiger partial charge in [0.25, 0.3) is 5.91 Å². The molecule has 0 saturated heterocycles. The number of carbonyl (C=O) groups excluding carboxylic acids is 1. The van der Waals surface area contributed by atoms with E-state index in [0.717, 1.165) is 11.2 Å². The largest absolute Gasteiger partial charge is 0.387 e. The lowest BCUT2D eigenvalue weighted by Crippen LogP contribution is -2.42. The summed E-state index contributed by atoms with van der Waals surface area (Å²) in [5.74, 6) is -0.548. The van der Waals surface area contributed by atoms with E-state index < -0.39 is 17.7 Å². The number of hydrogen-bond acceptors (Lipinski definition) is 7. The molecule has 0 fully saturated rings. The number of aliphatic hydroxyl groups is 1. The van der Waals surface area contributed by atoms with Crippen molar-refractivity contribution in [1.29, 1.82) is 5.26 Å². The number of fused-ring (bicyclic) bond motifs is 1. The Morgan fingerprint density at radius 3 is 2.64 bits per heavy atom. The second-order valence-corrected chi connectivity index (χ2v) is 9.48. The fourth-order valence-electron chi connectivity index (χ4n) is 3.94. The minimum absolute atomic E-state index is 0.193. The lowest BCUT2D eigenvalue weighted by atomic mass is 10.0. The molecule has 0 bridgehead atoms. The monoisotopic (exact) mass is 524 g/mol. The minimum Gasteiger partial charge on any atom is -0.387 e. The summed E-state index contributed by atoms with van der Waals surface area (Å²) in [6.45, 7) is 2.32. The van der Waals surface area contributed by atoms with Gasteiger partial charge in [-0.3, -0.25) is 9.78 Å². The van der Waals surface area contributed by atoms with Gasteiger partial charge < -0.3 is 15.7 Å². The molecular formula is C28H25FN8O2. The van der Waals surface area contributed by atoms with Crippen LogP contribution in [0.4, 0.5) is 15.8 Å². The van der Waals surface area contributed by atoms with Gasteiger partial charge in [0.15, 0.2) is 0 Å². The predicted molar refractivity (Wildman–Crippen MR) is 144 cm³/mol. The number of carbonyl (C=O) groups is 1. The molecule has 196 valence electrons. The number of halogens is 1. The van der Waals surface area contributed by atoms with Crippen molar-refractivity contribution in [2.24, 2.45) is 0 Å². The lowest BCUT2D eigenvalue weighted by molar-refractivity contribution is -0.00177. The molecule has 0 aliphatic carbocycles. The summed E-state index contributed by atoms with van der Waals surface area (Å²) in [7, 11) is 0. The van der Waals surface area contributed by atoms with Gasteiger partial charge in [-0.1, -0.05) is 0 Å². The highest BCUT2D eigenvalue weighted by molar-refractivity contribution is 6.00. The first-order valence-corrected chi connectivity index (χ1v) is 12.1. The maximum atomic E-state index is 14.3. The van der Waals surface area contributed by atoms with E-state index in [-0.39, 0.29) is 12.1 Å². The van der Waals surface area contributed by atoms with Crippen molar-refractivity contribution in [3.8, 4) is 23.1 Å². The van der Waals surface area contributed by atoms with Crippen LogP contribution < -0.4 is 10.6 Å². The van der Waals surface area contributed by atoms with E-state index in [1.165, 1.54) is 26.2 Å². The maximum absolute atomic E-state index is 14.3. The fraction of sp³-hybridized carbons (Fsp3) is 0.179. The Kier molecular flexibility index (Phi) is 6.79. The Labute approximate surface area is 223 Å². The highest BCUT2D eigenvalue weighted by Crippen LogP contribution is 2.28.